The fourth-order valence-corrected chi connectivity index (χ4v) is 3.29. The summed E-state index contributed by atoms with van der Waals surface area (Å²) in [5, 5.41) is 11.8. The molecule has 1 aromatic heterocycles. The molecule has 0 unspecified atom stereocenters. The standard InChI is InChI=1S/C18H16ClFN4OS/c1-11-5-3-4-6-13(11)17-22-23-18(24(17)2)26-10-16(25)21-15-9-12(19)7-8-14(15)20/h3-9H,10H2,1-2H3,(H,21,25). The molecule has 1 heterocycles. The summed E-state index contributed by atoms with van der Waals surface area (Å²) in [6.45, 7) is 2.00. The molecule has 134 valence electrons. The molecule has 26 heavy (non-hydrogen) atoms. The van der Waals surface area contributed by atoms with Crippen LogP contribution in [0, 0.1) is 12.7 Å². The van der Waals surface area contributed by atoms with Crippen molar-refractivity contribution in [3.63, 3.8) is 0 Å². The summed E-state index contributed by atoms with van der Waals surface area (Å²) in [7, 11) is 1.85. The number of nitrogens with zero attached hydrogens (tertiary/aromatic N) is 3. The van der Waals surface area contributed by atoms with Crippen molar-refractivity contribution < 1.29 is 9.18 Å². The van der Waals surface area contributed by atoms with Crippen molar-refractivity contribution >= 4 is 35.0 Å². The summed E-state index contributed by atoms with van der Waals surface area (Å²) >= 11 is 7.05. The predicted octanol–water partition coefficient (Wildman–Crippen LogP) is 4.31. The number of carbonyl (C=O) groups is 1. The molecule has 0 aliphatic rings. The summed E-state index contributed by atoms with van der Waals surface area (Å²) in [5.74, 6) is -0.0807. The normalized spacial score (nSPS) is 10.8. The molecule has 8 heteroatoms. The third kappa shape index (κ3) is 4.05. The molecule has 0 aliphatic heterocycles. The van der Waals surface area contributed by atoms with E-state index in [1.807, 2.05) is 42.8 Å². The molecule has 0 atom stereocenters. The van der Waals surface area contributed by atoms with Gasteiger partial charge in [0.1, 0.15) is 5.82 Å². The minimum atomic E-state index is -0.534. The molecule has 2 aromatic carbocycles. The van der Waals surface area contributed by atoms with Crippen LogP contribution in [0.4, 0.5) is 10.1 Å². The Morgan fingerprint density at radius 2 is 2.04 bits per heavy atom. The number of hydrogen-bond acceptors (Lipinski definition) is 4. The lowest BCUT2D eigenvalue weighted by molar-refractivity contribution is -0.113. The second-order valence-corrected chi connectivity index (χ2v) is 7.02. The van der Waals surface area contributed by atoms with Crippen LogP contribution in [0.3, 0.4) is 0 Å². The molecule has 0 fully saturated rings. The van der Waals surface area contributed by atoms with Crippen LogP contribution >= 0.6 is 23.4 Å². The zero-order valence-corrected chi connectivity index (χ0v) is 15.7. The van der Waals surface area contributed by atoms with Crippen LogP contribution in [-0.2, 0) is 11.8 Å². The van der Waals surface area contributed by atoms with Crippen molar-refractivity contribution in [2.24, 2.45) is 7.05 Å². The quantitative estimate of drug-likeness (QED) is 0.659. The molecular formula is C18H16ClFN4OS. The van der Waals surface area contributed by atoms with Crippen LogP contribution in [0.2, 0.25) is 5.02 Å². The molecule has 1 N–H and O–H groups in total. The molecule has 3 rings (SSSR count). The van der Waals surface area contributed by atoms with Gasteiger partial charge < -0.3 is 9.88 Å². The minimum Gasteiger partial charge on any atom is -0.323 e. The highest BCUT2D eigenvalue weighted by Gasteiger charge is 2.15. The van der Waals surface area contributed by atoms with Gasteiger partial charge in [0.15, 0.2) is 11.0 Å². The van der Waals surface area contributed by atoms with Gasteiger partial charge >= 0.3 is 0 Å². The van der Waals surface area contributed by atoms with Crippen molar-refractivity contribution in [2.45, 2.75) is 12.1 Å². The Kier molecular flexibility index (Phi) is 5.58. The summed E-state index contributed by atoms with van der Waals surface area (Å²) < 4.78 is 15.5. The molecule has 0 radical (unpaired) electrons. The molecule has 0 spiro atoms. The van der Waals surface area contributed by atoms with Crippen molar-refractivity contribution in [3.8, 4) is 11.4 Å². The van der Waals surface area contributed by atoms with Gasteiger partial charge in [0.25, 0.3) is 0 Å². The number of carbonyl (C=O) groups excluding carboxylic acids is 1. The summed E-state index contributed by atoms with van der Waals surface area (Å²) in [6.07, 6.45) is 0. The van der Waals surface area contributed by atoms with Gasteiger partial charge in [-0.2, -0.15) is 0 Å². The number of nitrogens with one attached hydrogen (secondary N) is 1. The van der Waals surface area contributed by atoms with Gasteiger partial charge in [-0.15, -0.1) is 10.2 Å². The first-order chi connectivity index (χ1) is 12.5. The maximum absolute atomic E-state index is 13.7. The van der Waals surface area contributed by atoms with Crippen LogP contribution in [0.5, 0.6) is 0 Å². The Labute approximate surface area is 159 Å². The van der Waals surface area contributed by atoms with Crippen LogP contribution < -0.4 is 5.32 Å². The first kappa shape index (κ1) is 18.4. The third-order valence-corrected chi connectivity index (χ3v) is 5.01. The van der Waals surface area contributed by atoms with E-state index in [9.17, 15) is 9.18 Å². The molecule has 5 nitrogen and oxygen atoms in total. The number of rotatable bonds is 5. The molecular weight excluding hydrogens is 375 g/mol. The monoisotopic (exact) mass is 390 g/mol. The number of aryl methyl sites for hydroxylation is 1. The first-order valence-corrected chi connectivity index (χ1v) is 9.15. The SMILES string of the molecule is Cc1ccccc1-c1nnc(SCC(=O)Nc2cc(Cl)ccc2F)n1C. The van der Waals surface area contributed by atoms with E-state index in [-0.39, 0.29) is 17.3 Å². The summed E-state index contributed by atoms with van der Waals surface area (Å²) in [4.78, 5) is 12.1. The van der Waals surface area contributed by atoms with E-state index >= 15 is 0 Å². The third-order valence-electron chi connectivity index (χ3n) is 3.76. The smallest absolute Gasteiger partial charge is 0.234 e. The second-order valence-electron chi connectivity index (χ2n) is 5.64. The van der Waals surface area contributed by atoms with E-state index in [0.29, 0.717) is 10.2 Å². The van der Waals surface area contributed by atoms with E-state index in [0.717, 1.165) is 17.0 Å². The lowest BCUT2D eigenvalue weighted by atomic mass is 10.1. The van der Waals surface area contributed by atoms with Crippen molar-refractivity contribution in [3.05, 3.63) is 58.9 Å². The van der Waals surface area contributed by atoms with Crippen LogP contribution in [0.1, 0.15) is 5.56 Å². The van der Waals surface area contributed by atoms with E-state index in [1.165, 1.54) is 30.0 Å². The number of aromatic nitrogens is 3. The Morgan fingerprint density at radius 3 is 2.81 bits per heavy atom. The number of benzene rings is 2. The minimum absolute atomic E-state index is 0.0571. The molecule has 0 saturated carbocycles. The van der Waals surface area contributed by atoms with Gasteiger partial charge in [-0.3, -0.25) is 4.79 Å². The highest BCUT2D eigenvalue weighted by atomic mass is 35.5. The Bertz CT molecular complexity index is 960. The fourth-order valence-electron chi connectivity index (χ4n) is 2.41. The maximum atomic E-state index is 13.7. The Hall–Kier alpha value is -2.38. The van der Waals surface area contributed by atoms with Crippen LogP contribution in [-0.4, -0.2) is 26.4 Å². The predicted molar refractivity (Wildman–Crippen MR) is 102 cm³/mol. The summed E-state index contributed by atoms with van der Waals surface area (Å²) in [5.41, 5.74) is 2.13. The molecule has 1 amide bonds. The van der Waals surface area contributed by atoms with Crippen molar-refractivity contribution in [1.29, 1.82) is 0 Å². The average molecular weight is 391 g/mol. The fraction of sp³-hybridized carbons (Fsp3) is 0.167. The van der Waals surface area contributed by atoms with Gasteiger partial charge in [-0.25, -0.2) is 4.39 Å². The van der Waals surface area contributed by atoms with Crippen molar-refractivity contribution in [2.75, 3.05) is 11.1 Å². The number of amides is 1. The molecule has 0 aliphatic carbocycles. The lowest BCUT2D eigenvalue weighted by Gasteiger charge is -2.07. The molecule has 3 aromatic rings. The Morgan fingerprint density at radius 1 is 1.27 bits per heavy atom. The first-order valence-electron chi connectivity index (χ1n) is 7.79. The number of thioether (sulfide) groups is 1. The largest absolute Gasteiger partial charge is 0.323 e. The van der Waals surface area contributed by atoms with Gasteiger partial charge in [0.05, 0.1) is 11.4 Å². The Balaban J connectivity index is 1.68. The van der Waals surface area contributed by atoms with Gasteiger partial charge in [0, 0.05) is 17.6 Å². The number of hydrogen-bond donors (Lipinski definition) is 1. The topological polar surface area (TPSA) is 59.8 Å². The second kappa shape index (κ2) is 7.88. The van der Waals surface area contributed by atoms with Crippen LogP contribution in [0.15, 0.2) is 47.6 Å². The maximum Gasteiger partial charge on any atom is 0.234 e. The van der Waals surface area contributed by atoms with E-state index in [2.05, 4.69) is 15.5 Å². The van der Waals surface area contributed by atoms with E-state index in [1.54, 1.807) is 0 Å². The summed E-state index contributed by atoms with van der Waals surface area (Å²) in [6, 6.07) is 11.9. The highest BCUT2D eigenvalue weighted by Crippen LogP contribution is 2.25. The zero-order chi connectivity index (χ0) is 18.7. The molecule has 0 bridgehead atoms. The molecule has 0 saturated heterocycles. The van der Waals surface area contributed by atoms with E-state index < -0.39 is 5.82 Å². The van der Waals surface area contributed by atoms with Gasteiger partial charge in [-0.1, -0.05) is 47.6 Å². The van der Waals surface area contributed by atoms with Gasteiger partial charge in [-0.05, 0) is 30.7 Å². The van der Waals surface area contributed by atoms with Gasteiger partial charge in [0.2, 0.25) is 5.91 Å². The van der Waals surface area contributed by atoms with Crippen molar-refractivity contribution in [1.82, 2.24) is 14.8 Å². The highest BCUT2D eigenvalue weighted by molar-refractivity contribution is 7.99. The van der Waals surface area contributed by atoms with Crippen LogP contribution in [0.25, 0.3) is 11.4 Å². The number of anilines is 1. The lowest BCUT2D eigenvalue weighted by Crippen LogP contribution is -2.15. The van der Waals surface area contributed by atoms with E-state index in [4.69, 9.17) is 11.6 Å². The number of halogens is 2. The average Bonchev–Trinajstić information content (AvgIpc) is 2.97. The zero-order valence-electron chi connectivity index (χ0n) is 14.2.